The summed E-state index contributed by atoms with van der Waals surface area (Å²) in [6.07, 6.45) is 0. The molecular weight excluding hydrogens is 857 g/mol. The van der Waals surface area contributed by atoms with Gasteiger partial charge in [0.15, 0.2) is 5.82 Å². The molecule has 0 amide bonds. The Kier molecular flexibility index (Phi) is 10.9. The molecule has 0 aliphatic heterocycles. The van der Waals surface area contributed by atoms with E-state index in [0.717, 1.165) is 77.9 Å². The Morgan fingerprint density at radius 3 is 1.49 bits per heavy atom. The SMILES string of the molecule is [C-]#[N+]c1cc(-c2ccc(-c3ccc(-c4cc(-c5ccc(C#N)cc5)nc(-c5ccc(C#N)cc5)n4)cc3)cc2)c(C#N)cc1-n1c2ccccc2c2cc(N(c3ccccc3)c3ccccc3)ccc21. The zero-order valence-corrected chi connectivity index (χ0v) is 37.4. The molecular formula is C62H36N8. The summed E-state index contributed by atoms with van der Waals surface area (Å²) in [6, 6.07) is 78.4. The molecule has 0 aliphatic carbocycles. The molecule has 0 N–H and O–H groups in total. The maximum absolute atomic E-state index is 10.7. The van der Waals surface area contributed by atoms with E-state index in [1.807, 2.05) is 127 Å². The molecule has 9 aromatic carbocycles. The maximum Gasteiger partial charge on any atom is 0.211 e. The first-order chi connectivity index (χ1) is 34.5. The fourth-order valence-corrected chi connectivity index (χ4v) is 9.09. The maximum atomic E-state index is 10.7. The summed E-state index contributed by atoms with van der Waals surface area (Å²) in [5.74, 6) is 0.519. The van der Waals surface area contributed by atoms with Crippen molar-refractivity contribution in [2.75, 3.05) is 4.90 Å². The lowest BCUT2D eigenvalue weighted by molar-refractivity contribution is 1.18. The molecule has 8 heteroatoms. The summed E-state index contributed by atoms with van der Waals surface area (Å²) in [6.45, 7) is 8.43. The summed E-state index contributed by atoms with van der Waals surface area (Å²) in [7, 11) is 0. The van der Waals surface area contributed by atoms with E-state index in [0.29, 0.717) is 45.1 Å². The summed E-state index contributed by atoms with van der Waals surface area (Å²) in [5, 5.41) is 31.5. The van der Waals surface area contributed by atoms with Crippen LogP contribution in [0, 0.1) is 40.6 Å². The third kappa shape index (κ3) is 7.83. The number of aromatic nitrogens is 3. The van der Waals surface area contributed by atoms with Gasteiger partial charge in [0.2, 0.25) is 5.69 Å². The molecule has 324 valence electrons. The van der Waals surface area contributed by atoms with Crippen LogP contribution in [0.5, 0.6) is 0 Å². The number of nitriles is 3. The smallest absolute Gasteiger partial charge is 0.211 e. The normalized spacial score (nSPS) is 10.8. The average molecular weight is 893 g/mol. The number of para-hydroxylation sites is 3. The highest BCUT2D eigenvalue weighted by Gasteiger charge is 2.21. The van der Waals surface area contributed by atoms with Gasteiger partial charge in [-0.05, 0) is 125 Å². The summed E-state index contributed by atoms with van der Waals surface area (Å²) >= 11 is 0. The Morgan fingerprint density at radius 2 is 0.929 bits per heavy atom. The lowest BCUT2D eigenvalue weighted by Gasteiger charge is -2.25. The number of benzene rings is 9. The Labute approximate surface area is 404 Å². The van der Waals surface area contributed by atoms with Gasteiger partial charge in [-0.15, -0.1) is 0 Å². The Hall–Kier alpha value is -10.4. The van der Waals surface area contributed by atoms with E-state index in [1.54, 1.807) is 24.3 Å². The van der Waals surface area contributed by atoms with Crippen LogP contribution in [-0.2, 0) is 0 Å². The van der Waals surface area contributed by atoms with Gasteiger partial charge < -0.3 is 9.47 Å². The Bertz CT molecular complexity index is 3830. The van der Waals surface area contributed by atoms with Gasteiger partial charge in [-0.2, -0.15) is 15.8 Å². The first kappa shape index (κ1) is 42.3. The molecule has 70 heavy (non-hydrogen) atoms. The highest BCUT2D eigenvalue weighted by atomic mass is 15.1. The predicted octanol–water partition coefficient (Wildman–Crippen LogP) is 15.5. The van der Waals surface area contributed by atoms with E-state index in [2.05, 4.69) is 99.2 Å². The minimum absolute atomic E-state index is 0.435. The number of fused-ring (bicyclic) bond motifs is 3. The highest BCUT2D eigenvalue weighted by molar-refractivity contribution is 6.11. The van der Waals surface area contributed by atoms with Crippen LogP contribution in [0.25, 0.3) is 88.5 Å². The zero-order chi connectivity index (χ0) is 47.6. The fraction of sp³-hybridized carbons (Fsp3) is 0. The lowest BCUT2D eigenvalue weighted by Crippen LogP contribution is -2.09. The molecule has 0 atom stereocenters. The van der Waals surface area contributed by atoms with Gasteiger partial charge in [0.05, 0.1) is 69.6 Å². The molecule has 0 aliphatic rings. The second kappa shape index (κ2) is 18.1. The van der Waals surface area contributed by atoms with Crippen LogP contribution in [0.15, 0.2) is 218 Å². The molecule has 0 fully saturated rings. The minimum atomic E-state index is 0.435. The van der Waals surface area contributed by atoms with Crippen LogP contribution in [0.3, 0.4) is 0 Å². The molecule has 0 radical (unpaired) electrons. The zero-order valence-electron chi connectivity index (χ0n) is 37.4. The lowest BCUT2D eigenvalue weighted by atomic mass is 9.95. The minimum Gasteiger partial charge on any atom is -0.319 e. The van der Waals surface area contributed by atoms with E-state index in [9.17, 15) is 15.8 Å². The van der Waals surface area contributed by atoms with E-state index in [4.69, 9.17) is 16.5 Å². The number of hydrogen-bond acceptors (Lipinski definition) is 6. The molecule has 11 rings (SSSR count). The van der Waals surface area contributed by atoms with Crippen molar-refractivity contribution in [2.24, 2.45) is 0 Å². The van der Waals surface area contributed by atoms with Crippen molar-refractivity contribution >= 4 is 44.6 Å². The van der Waals surface area contributed by atoms with E-state index in [-0.39, 0.29) is 0 Å². The van der Waals surface area contributed by atoms with Gasteiger partial charge in [-0.1, -0.05) is 115 Å². The van der Waals surface area contributed by atoms with Crippen molar-refractivity contribution in [3.8, 4) is 80.1 Å². The van der Waals surface area contributed by atoms with E-state index >= 15 is 0 Å². The first-order valence-electron chi connectivity index (χ1n) is 22.5. The molecule has 8 nitrogen and oxygen atoms in total. The van der Waals surface area contributed by atoms with Crippen LogP contribution in [0.2, 0.25) is 0 Å². The second-order valence-corrected chi connectivity index (χ2v) is 16.7. The van der Waals surface area contributed by atoms with E-state index in [1.165, 1.54) is 0 Å². The fourth-order valence-electron chi connectivity index (χ4n) is 9.09. The van der Waals surface area contributed by atoms with Crippen LogP contribution >= 0.6 is 0 Å². The number of rotatable bonds is 9. The van der Waals surface area contributed by atoms with Gasteiger partial charge in [0.1, 0.15) is 0 Å². The van der Waals surface area contributed by atoms with Crippen LogP contribution in [0.4, 0.5) is 22.7 Å². The van der Waals surface area contributed by atoms with Crippen molar-refractivity contribution in [2.45, 2.75) is 0 Å². The van der Waals surface area contributed by atoms with Crippen LogP contribution < -0.4 is 4.90 Å². The molecule has 2 aromatic heterocycles. The third-order valence-corrected chi connectivity index (χ3v) is 12.6. The standard InChI is InChI=1S/C62H36N8/c1-66-58-36-54(49(40-65)34-61(58)70-59-15-9-8-14-53(59)55-35-52(32-33-60(55)70)69(50-10-4-2-5-11-50)51-12-6-3-7-13-51)45-28-24-43(25-29-45)44-26-30-47(31-27-44)57-37-56(46-20-16-41(38-63)17-21-46)67-62(68-57)48-22-18-42(39-64)19-23-48/h2-37H. The van der Waals surface area contributed by atoms with Gasteiger partial charge in [0, 0.05) is 44.5 Å². The number of nitrogens with zero attached hydrogens (tertiary/aromatic N) is 8. The third-order valence-electron chi connectivity index (χ3n) is 12.6. The first-order valence-corrected chi connectivity index (χ1v) is 22.5. The molecule has 11 aromatic rings. The summed E-state index contributed by atoms with van der Waals surface area (Å²) < 4.78 is 2.11. The molecule has 2 heterocycles. The van der Waals surface area contributed by atoms with Gasteiger partial charge in [0.25, 0.3) is 0 Å². The van der Waals surface area contributed by atoms with Gasteiger partial charge in [-0.25, -0.2) is 14.8 Å². The van der Waals surface area contributed by atoms with Crippen molar-refractivity contribution < 1.29 is 0 Å². The summed E-state index contributed by atoms with van der Waals surface area (Å²) in [5.41, 5.74) is 15.0. The molecule has 0 bridgehead atoms. The van der Waals surface area contributed by atoms with Gasteiger partial charge >= 0.3 is 0 Å². The predicted molar refractivity (Wildman–Crippen MR) is 279 cm³/mol. The molecule has 0 spiro atoms. The van der Waals surface area contributed by atoms with Crippen LogP contribution in [0.1, 0.15) is 16.7 Å². The second-order valence-electron chi connectivity index (χ2n) is 16.7. The van der Waals surface area contributed by atoms with Crippen molar-refractivity contribution in [1.29, 1.82) is 15.8 Å². The average Bonchev–Trinajstić information content (AvgIpc) is 3.76. The highest BCUT2D eigenvalue weighted by Crippen LogP contribution is 2.43. The topological polar surface area (TPSA) is 110 Å². The molecule has 0 saturated carbocycles. The Morgan fingerprint density at radius 1 is 0.429 bits per heavy atom. The van der Waals surface area contributed by atoms with Crippen LogP contribution in [-0.4, -0.2) is 14.5 Å². The van der Waals surface area contributed by atoms with Gasteiger partial charge in [-0.3, -0.25) is 0 Å². The number of anilines is 3. The molecule has 0 saturated heterocycles. The van der Waals surface area contributed by atoms with Crippen molar-refractivity contribution in [1.82, 2.24) is 14.5 Å². The van der Waals surface area contributed by atoms with Crippen molar-refractivity contribution in [3.63, 3.8) is 0 Å². The largest absolute Gasteiger partial charge is 0.319 e. The monoisotopic (exact) mass is 892 g/mol. The van der Waals surface area contributed by atoms with Crippen molar-refractivity contribution in [3.05, 3.63) is 246 Å². The number of hydrogen-bond donors (Lipinski definition) is 0. The quantitative estimate of drug-likeness (QED) is 0.134. The Balaban J connectivity index is 0.923. The molecule has 0 unspecified atom stereocenters. The van der Waals surface area contributed by atoms with E-state index < -0.39 is 0 Å². The summed E-state index contributed by atoms with van der Waals surface area (Å²) in [4.78, 5) is 16.1.